The Labute approximate surface area is 245 Å². The maximum atomic E-state index is 5.54. The molecule has 2 aromatic heterocycles. The molecule has 2 rings (SSSR count). The Morgan fingerprint density at radius 2 is 0.684 bits per heavy atom. The molecule has 2 aromatic rings. The van der Waals surface area contributed by atoms with Gasteiger partial charge in [0.25, 0.3) is 0 Å². The maximum absolute atomic E-state index is 5.54. The number of hydrogen-bond acceptors (Lipinski definition) is 2. The Morgan fingerprint density at radius 3 is 0.921 bits per heavy atom. The summed E-state index contributed by atoms with van der Waals surface area (Å²) in [4.78, 5) is 11.1. The first kappa shape index (κ1) is 34.1. The normalized spacial score (nSPS) is 12.3. The monoisotopic (exact) mass is 736 g/mol. The number of rotatable bonds is 21. The summed E-state index contributed by atoms with van der Waals surface area (Å²) in [7, 11) is 0. The Morgan fingerprint density at radius 1 is 0.421 bits per heavy atom. The van der Waals surface area contributed by atoms with Crippen LogP contribution in [-0.4, -0.2) is 46.7 Å². The average Bonchev–Trinajstić information content (AvgIpc) is 2.97. The van der Waals surface area contributed by atoms with E-state index in [0.717, 1.165) is 11.4 Å². The third kappa shape index (κ3) is 10.1. The van der Waals surface area contributed by atoms with Gasteiger partial charge in [-0.1, -0.05) is 0 Å². The van der Waals surface area contributed by atoms with Gasteiger partial charge in [-0.3, -0.25) is 0 Å². The van der Waals surface area contributed by atoms with Gasteiger partial charge in [-0.05, 0) is 0 Å². The summed E-state index contributed by atoms with van der Waals surface area (Å²) in [6, 6.07) is 14.0. The Balaban J connectivity index is 2.55. The molecule has 0 spiro atoms. The van der Waals surface area contributed by atoms with Gasteiger partial charge in [0, 0.05) is 0 Å². The summed E-state index contributed by atoms with van der Waals surface area (Å²) >= 11 is -5.14. The summed E-state index contributed by atoms with van der Waals surface area (Å²) in [5.41, 5.74) is 2.30. The van der Waals surface area contributed by atoms with E-state index >= 15 is 0 Å². The van der Waals surface area contributed by atoms with Gasteiger partial charge in [0.1, 0.15) is 0 Å². The minimum absolute atomic E-state index is 1.15. The van der Waals surface area contributed by atoms with Crippen LogP contribution in [0.1, 0.15) is 119 Å². The van der Waals surface area contributed by atoms with Crippen LogP contribution in [0, 0.1) is 0 Å². The molecule has 2 heterocycles. The van der Waals surface area contributed by atoms with Crippen molar-refractivity contribution in [3.63, 3.8) is 0 Å². The summed E-state index contributed by atoms with van der Waals surface area (Å²) < 4.78 is 11.9. The fourth-order valence-electron chi connectivity index (χ4n) is 6.35. The van der Waals surface area contributed by atoms with Crippen molar-refractivity contribution < 1.29 is 0 Å². The van der Waals surface area contributed by atoms with E-state index in [9.17, 15) is 0 Å². The fraction of sp³-hybridized carbons (Fsp3) is 0.706. The van der Waals surface area contributed by atoms with Crippen LogP contribution in [0.2, 0.25) is 26.6 Å². The zero-order valence-electron chi connectivity index (χ0n) is 26.1. The van der Waals surface area contributed by atoms with Gasteiger partial charge >= 0.3 is 247 Å². The molecular formula is C34H60N2Sn2. The molecule has 4 heteroatoms. The molecule has 0 aliphatic heterocycles. The third-order valence-corrected chi connectivity index (χ3v) is 39.1. The van der Waals surface area contributed by atoms with Gasteiger partial charge < -0.3 is 0 Å². The molecule has 0 saturated heterocycles. The summed E-state index contributed by atoms with van der Waals surface area (Å²) in [6.45, 7) is 14.2. The second-order valence-corrected chi connectivity index (χ2v) is 38.1. The topological polar surface area (TPSA) is 25.8 Å². The van der Waals surface area contributed by atoms with Gasteiger partial charge in [-0.25, -0.2) is 0 Å². The zero-order chi connectivity index (χ0) is 27.7. The van der Waals surface area contributed by atoms with Crippen molar-refractivity contribution in [1.29, 1.82) is 0 Å². The molecule has 0 aliphatic carbocycles. The van der Waals surface area contributed by atoms with Crippen molar-refractivity contribution in [2.24, 2.45) is 0 Å². The van der Waals surface area contributed by atoms with E-state index in [2.05, 4.69) is 77.9 Å². The zero-order valence-corrected chi connectivity index (χ0v) is 31.8. The molecule has 0 atom stereocenters. The van der Waals surface area contributed by atoms with Crippen LogP contribution in [0.25, 0.3) is 11.4 Å². The van der Waals surface area contributed by atoms with E-state index in [1.54, 1.807) is 0 Å². The molecule has 2 nitrogen and oxygen atoms in total. The molecule has 0 aliphatic rings. The quantitative estimate of drug-likeness (QED) is 0.119. The van der Waals surface area contributed by atoms with E-state index < -0.39 is 36.8 Å². The number of aromatic nitrogens is 2. The van der Waals surface area contributed by atoms with Crippen LogP contribution in [0.4, 0.5) is 0 Å². The van der Waals surface area contributed by atoms with Gasteiger partial charge in [0.2, 0.25) is 0 Å². The van der Waals surface area contributed by atoms with E-state index in [1.807, 2.05) is 0 Å². The first-order chi connectivity index (χ1) is 18.5. The van der Waals surface area contributed by atoms with Crippen molar-refractivity contribution in [3.05, 3.63) is 36.4 Å². The molecular weight excluding hydrogens is 674 g/mol. The predicted molar refractivity (Wildman–Crippen MR) is 177 cm³/mol. The second-order valence-electron chi connectivity index (χ2n) is 12.0. The molecule has 0 radical (unpaired) electrons. The van der Waals surface area contributed by atoms with E-state index in [-0.39, 0.29) is 0 Å². The van der Waals surface area contributed by atoms with Crippen molar-refractivity contribution >= 4 is 44.2 Å². The number of hydrogen-bond donors (Lipinski definition) is 0. The molecule has 0 N–H and O–H groups in total. The van der Waals surface area contributed by atoms with E-state index in [1.165, 1.54) is 111 Å². The first-order valence-electron chi connectivity index (χ1n) is 16.5. The first-order valence-corrected chi connectivity index (χ1v) is 31.5. The van der Waals surface area contributed by atoms with Crippen LogP contribution in [-0.2, 0) is 0 Å². The van der Waals surface area contributed by atoms with Gasteiger partial charge in [0.15, 0.2) is 0 Å². The van der Waals surface area contributed by atoms with E-state index in [0.29, 0.717) is 0 Å². The number of unbranched alkanes of at least 4 members (excludes halogenated alkanes) is 6. The molecule has 0 fully saturated rings. The summed E-state index contributed by atoms with van der Waals surface area (Å²) in [5, 5.41) is 0. The molecule has 0 amide bonds. The average molecular weight is 734 g/mol. The number of nitrogens with zero attached hydrogens (tertiary/aromatic N) is 2. The van der Waals surface area contributed by atoms with Crippen LogP contribution in [0.5, 0.6) is 0 Å². The number of pyridine rings is 2. The van der Waals surface area contributed by atoms with Crippen molar-refractivity contribution in [2.75, 3.05) is 0 Å². The summed E-state index contributed by atoms with van der Waals surface area (Å²) in [6.07, 6.45) is 16.1. The van der Waals surface area contributed by atoms with Crippen molar-refractivity contribution in [3.8, 4) is 11.4 Å². The van der Waals surface area contributed by atoms with Crippen molar-refractivity contribution in [2.45, 2.75) is 145 Å². The van der Waals surface area contributed by atoms with Crippen LogP contribution in [0.15, 0.2) is 36.4 Å². The molecule has 0 unspecified atom stereocenters. The summed E-state index contributed by atoms with van der Waals surface area (Å²) in [5.74, 6) is 0. The Kier molecular flexibility index (Phi) is 17.1. The van der Waals surface area contributed by atoms with Gasteiger partial charge in [-0.2, -0.15) is 0 Å². The molecule has 0 saturated carbocycles. The van der Waals surface area contributed by atoms with Crippen LogP contribution < -0.4 is 7.42 Å². The third-order valence-electron chi connectivity index (χ3n) is 8.90. The van der Waals surface area contributed by atoms with Gasteiger partial charge in [-0.15, -0.1) is 0 Å². The van der Waals surface area contributed by atoms with E-state index in [4.69, 9.17) is 9.97 Å². The Hall–Kier alpha value is -0.103. The standard InChI is InChI=1S/C10H6N2.6C4H9.2Sn/c1-3-7-11-9(5-1)10-6-2-4-8-12-10;6*1-3-4-2;;/h1-6H;6*1,3-4H2,2H3;;. The van der Waals surface area contributed by atoms with Crippen molar-refractivity contribution in [1.82, 2.24) is 9.97 Å². The predicted octanol–water partition coefficient (Wildman–Crippen LogP) is 10.3. The van der Waals surface area contributed by atoms with Gasteiger partial charge in [0.05, 0.1) is 0 Å². The molecule has 38 heavy (non-hydrogen) atoms. The SMILES string of the molecule is CCC[CH2][Sn]([CH2]CCC)([CH2]CCC)[c]1cccc(-c2ccc[c]([Sn]([CH2]CCC)([CH2]CCC)[CH2]CCC)n2)n1. The Bertz CT molecular complexity index is 781. The molecule has 0 aromatic carbocycles. The fourth-order valence-corrected chi connectivity index (χ4v) is 37.3. The second kappa shape index (κ2) is 19.1. The molecule has 0 bridgehead atoms. The minimum atomic E-state index is -2.57. The molecule has 214 valence electrons. The van der Waals surface area contributed by atoms with Crippen LogP contribution in [0.3, 0.4) is 0 Å². The van der Waals surface area contributed by atoms with Crippen LogP contribution >= 0.6 is 0 Å².